The van der Waals surface area contributed by atoms with Gasteiger partial charge in [-0.15, -0.1) is 11.3 Å². The maximum absolute atomic E-state index is 13.2. The number of rotatable bonds is 7. The Kier molecular flexibility index (Phi) is 6.17. The molecule has 2 heterocycles. The van der Waals surface area contributed by atoms with Crippen molar-refractivity contribution in [1.29, 1.82) is 0 Å². The molecule has 2 aromatic rings. The molecule has 1 aliphatic carbocycles. The third-order valence-corrected chi connectivity index (χ3v) is 6.71. The zero-order chi connectivity index (χ0) is 17.8. The number of thioether (sulfide) groups is 1. The van der Waals surface area contributed by atoms with Crippen molar-refractivity contribution in [1.82, 2.24) is 9.55 Å². The summed E-state index contributed by atoms with van der Waals surface area (Å²) in [6, 6.07) is 0. The highest BCUT2D eigenvalue weighted by Crippen LogP contribution is 2.34. The van der Waals surface area contributed by atoms with Gasteiger partial charge < -0.3 is 4.74 Å². The molecule has 0 fully saturated rings. The number of methoxy groups -OCH3 is 1. The smallest absolute Gasteiger partial charge is 0.316 e. The number of esters is 1. The van der Waals surface area contributed by atoms with Gasteiger partial charge in [-0.25, -0.2) is 4.98 Å². The van der Waals surface area contributed by atoms with Crippen LogP contribution in [0.4, 0.5) is 0 Å². The van der Waals surface area contributed by atoms with Gasteiger partial charge in [0.15, 0.2) is 5.16 Å². The number of thiophene rings is 1. The van der Waals surface area contributed by atoms with Gasteiger partial charge in [-0.2, -0.15) is 0 Å². The maximum Gasteiger partial charge on any atom is 0.316 e. The first-order chi connectivity index (χ1) is 12.2. The van der Waals surface area contributed by atoms with Crippen LogP contribution in [-0.2, 0) is 28.9 Å². The molecule has 2 aromatic heterocycles. The number of aryl methyl sites for hydroxylation is 2. The highest BCUT2D eigenvalue weighted by atomic mass is 32.2. The Hall–Kier alpha value is -1.34. The first-order valence-corrected chi connectivity index (χ1v) is 10.7. The third-order valence-electron chi connectivity index (χ3n) is 4.57. The van der Waals surface area contributed by atoms with Gasteiger partial charge in [0.05, 0.1) is 18.2 Å². The summed E-state index contributed by atoms with van der Waals surface area (Å²) in [5.74, 6) is -0.127. The lowest BCUT2D eigenvalue weighted by atomic mass is 9.97. The fourth-order valence-corrected chi connectivity index (χ4v) is 5.39. The molecule has 0 aromatic carbocycles. The molecule has 0 bridgehead atoms. The van der Waals surface area contributed by atoms with Crippen molar-refractivity contribution in [3.8, 4) is 0 Å². The predicted octanol–water partition coefficient (Wildman–Crippen LogP) is 3.79. The van der Waals surface area contributed by atoms with Crippen molar-refractivity contribution in [2.75, 3.05) is 12.9 Å². The van der Waals surface area contributed by atoms with Crippen molar-refractivity contribution in [2.45, 2.75) is 63.6 Å². The molecule has 0 saturated carbocycles. The minimum Gasteiger partial charge on any atom is -0.468 e. The van der Waals surface area contributed by atoms with Crippen LogP contribution in [0.25, 0.3) is 10.2 Å². The van der Waals surface area contributed by atoms with Gasteiger partial charge in [0.25, 0.3) is 5.56 Å². The van der Waals surface area contributed by atoms with Crippen LogP contribution in [-0.4, -0.2) is 28.4 Å². The summed E-state index contributed by atoms with van der Waals surface area (Å²) in [5.41, 5.74) is 1.28. The molecule has 0 unspecified atom stereocenters. The van der Waals surface area contributed by atoms with E-state index in [4.69, 9.17) is 9.72 Å². The number of aromatic nitrogens is 2. The van der Waals surface area contributed by atoms with Crippen molar-refractivity contribution in [2.24, 2.45) is 0 Å². The Morgan fingerprint density at radius 2 is 2.12 bits per heavy atom. The number of unbranched alkanes of at least 4 members (excludes halogenated alkanes) is 2. The van der Waals surface area contributed by atoms with Crippen LogP contribution < -0.4 is 5.56 Å². The van der Waals surface area contributed by atoms with Gasteiger partial charge in [0.1, 0.15) is 4.83 Å². The van der Waals surface area contributed by atoms with Gasteiger partial charge in [0, 0.05) is 11.4 Å². The summed E-state index contributed by atoms with van der Waals surface area (Å²) >= 11 is 2.95. The topological polar surface area (TPSA) is 61.2 Å². The van der Waals surface area contributed by atoms with Gasteiger partial charge in [-0.1, -0.05) is 31.5 Å². The van der Waals surface area contributed by atoms with E-state index in [1.165, 1.54) is 35.7 Å². The Balaban J connectivity index is 2.03. The van der Waals surface area contributed by atoms with Crippen LogP contribution in [0, 0.1) is 0 Å². The van der Waals surface area contributed by atoms with E-state index >= 15 is 0 Å². The number of carbonyl (C=O) groups excluding carboxylic acids is 1. The fraction of sp³-hybridized carbons (Fsp3) is 0.611. The lowest BCUT2D eigenvalue weighted by Crippen LogP contribution is -2.24. The van der Waals surface area contributed by atoms with Crippen LogP contribution in [0.3, 0.4) is 0 Å². The van der Waals surface area contributed by atoms with Crippen molar-refractivity contribution in [3.63, 3.8) is 0 Å². The van der Waals surface area contributed by atoms with E-state index in [1.54, 1.807) is 15.9 Å². The number of hydrogen-bond donors (Lipinski definition) is 0. The lowest BCUT2D eigenvalue weighted by molar-refractivity contribution is -0.137. The largest absolute Gasteiger partial charge is 0.468 e. The number of carbonyl (C=O) groups is 1. The summed E-state index contributed by atoms with van der Waals surface area (Å²) in [6.45, 7) is 2.80. The Morgan fingerprint density at radius 1 is 1.32 bits per heavy atom. The zero-order valence-corrected chi connectivity index (χ0v) is 16.4. The molecule has 7 heteroatoms. The summed E-state index contributed by atoms with van der Waals surface area (Å²) in [5, 5.41) is 1.45. The second kappa shape index (κ2) is 8.36. The molecule has 1 aliphatic rings. The molecule has 0 aliphatic heterocycles. The van der Waals surface area contributed by atoms with Crippen LogP contribution >= 0.6 is 23.1 Å². The standard InChI is InChI=1S/C18H24N2O3S2/c1-3-4-7-10-20-17(22)15-12-8-5-6-9-13(12)25-16(15)19-18(20)24-11-14(21)23-2/h3-11H2,1-2H3. The van der Waals surface area contributed by atoms with Crippen LogP contribution in [0.1, 0.15) is 49.5 Å². The Labute approximate surface area is 155 Å². The van der Waals surface area contributed by atoms with E-state index in [0.717, 1.165) is 48.7 Å². The SMILES string of the molecule is CCCCCn1c(SCC(=O)OC)nc2sc3c(c2c1=O)CCCC3. The molecule has 0 atom stereocenters. The van der Waals surface area contributed by atoms with E-state index in [0.29, 0.717) is 11.7 Å². The highest BCUT2D eigenvalue weighted by Gasteiger charge is 2.22. The predicted molar refractivity (Wildman–Crippen MR) is 103 cm³/mol. The first-order valence-electron chi connectivity index (χ1n) is 8.90. The zero-order valence-electron chi connectivity index (χ0n) is 14.8. The second-order valence-electron chi connectivity index (χ2n) is 6.31. The number of nitrogens with zero attached hydrogens (tertiary/aromatic N) is 2. The van der Waals surface area contributed by atoms with E-state index in [9.17, 15) is 9.59 Å². The van der Waals surface area contributed by atoms with Gasteiger partial charge >= 0.3 is 5.97 Å². The fourth-order valence-electron chi connectivity index (χ4n) is 3.23. The van der Waals surface area contributed by atoms with Gasteiger partial charge in [0.2, 0.25) is 0 Å². The van der Waals surface area contributed by atoms with Crippen molar-refractivity contribution in [3.05, 3.63) is 20.8 Å². The average Bonchev–Trinajstić information content (AvgIpc) is 3.00. The van der Waals surface area contributed by atoms with Crippen molar-refractivity contribution >= 4 is 39.3 Å². The number of hydrogen-bond acceptors (Lipinski definition) is 6. The van der Waals surface area contributed by atoms with E-state index in [2.05, 4.69) is 6.92 Å². The normalized spacial score (nSPS) is 13.8. The molecule has 5 nitrogen and oxygen atoms in total. The Bertz CT molecular complexity index is 826. The second-order valence-corrected chi connectivity index (χ2v) is 8.34. The van der Waals surface area contributed by atoms with Crippen LogP contribution in [0.5, 0.6) is 0 Å². The minimum atomic E-state index is -0.301. The lowest BCUT2D eigenvalue weighted by Gasteiger charge is -2.13. The maximum atomic E-state index is 13.2. The molecule has 136 valence electrons. The summed E-state index contributed by atoms with van der Waals surface area (Å²) < 4.78 is 6.49. The first kappa shape index (κ1) is 18.5. The third kappa shape index (κ3) is 3.92. The molecule has 0 saturated heterocycles. The van der Waals surface area contributed by atoms with E-state index < -0.39 is 0 Å². The van der Waals surface area contributed by atoms with Crippen LogP contribution in [0.2, 0.25) is 0 Å². The molecular weight excluding hydrogens is 356 g/mol. The molecule has 3 rings (SSSR count). The monoisotopic (exact) mass is 380 g/mol. The molecule has 0 N–H and O–H groups in total. The molecule has 0 radical (unpaired) electrons. The van der Waals surface area contributed by atoms with E-state index in [-0.39, 0.29) is 17.3 Å². The summed E-state index contributed by atoms with van der Waals surface area (Å²) in [4.78, 5) is 31.6. The Morgan fingerprint density at radius 3 is 2.88 bits per heavy atom. The molecule has 0 spiro atoms. The van der Waals surface area contributed by atoms with E-state index in [1.807, 2.05) is 0 Å². The van der Waals surface area contributed by atoms with Gasteiger partial charge in [-0.3, -0.25) is 14.2 Å². The van der Waals surface area contributed by atoms with Gasteiger partial charge in [-0.05, 0) is 37.7 Å². The molecular formula is C18H24N2O3S2. The quantitative estimate of drug-likeness (QED) is 0.316. The summed E-state index contributed by atoms with van der Waals surface area (Å²) in [7, 11) is 1.38. The molecule has 25 heavy (non-hydrogen) atoms. The van der Waals surface area contributed by atoms with Crippen molar-refractivity contribution < 1.29 is 9.53 Å². The number of fused-ring (bicyclic) bond motifs is 3. The minimum absolute atomic E-state index is 0.0628. The van der Waals surface area contributed by atoms with Crippen LogP contribution in [0.15, 0.2) is 9.95 Å². The number of ether oxygens (including phenoxy) is 1. The summed E-state index contributed by atoms with van der Waals surface area (Å²) in [6.07, 6.45) is 7.49. The highest BCUT2D eigenvalue weighted by molar-refractivity contribution is 7.99. The average molecular weight is 381 g/mol. The molecule has 0 amide bonds.